The van der Waals surface area contributed by atoms with Gasteiger partial charge in [0.05, 0.1) is 6.54 Å². The van der Waals surface area contributed by atoms with E-state index in [0.717, 1.165) is 22.1 Å². The van der Waals surface area contributed by atoms with Gasteiger partial charge in [0.1, 0.15) is 15.8 Å². The van der Waals surface area contributed by atoms with Crippen LogP contribution in [0, 0.1) is 5.82 Å². The predicted octanol–water partition coefficient (Wildman–Crippen LogP) is 3.16. The van der Waals surface area contributed by atoms with Crippen LogP contribution in [0.1, 0.15) is 36.3 Å². The maximum absolute atomic E-state index is 12.8. The van der Waals surface area contributed by atoms with Crippen LogP contribution in [0.25, 0.3) is 0 Å². The summed E-state index contributed by atoms with van der Waals surface area (Å²) in [5.41, 5.74) is 1.12. The second-order valence-corrected chi connectivity index (χ2v) is 6.64. The summed E-state index contributed by atoms with van der Waals surface area (Å²) in [6.07, 6.45) is 0.702. The highest BCUT2D eigenvalue weighted by atomic mass is 32.1. The normalized spacial score (nSPS) is 11.8. The zero-order valence-electron chi connectivity index (χ0n) is 11.4. The molecule has 19 heavy (non-hydrogen) atoms. The van der Waals surface area contributed by atoms with Crippen LogP contribution >= 0.6 is 11.3 Å². The molecule has 0 saturated carbocycles. The van der Waals surface area contributed by atoms with Gasteiger partial charge in [-0.1, -0.05) is 23.5 Å². The third kappa shape index (κ3) is 4.69. The molecule has 5 heteroatoms. The molecule has 0 bridgehead atoms. The van der Waals surface area contributed by atoms with Gasteiger partial charge >= 0.3 is 0 Å². The van der Waals surface area contributed by atoms with Crippen LogP contribution in [-0.4, -0.2) is 15.7 Å². The van der Waals surface area contributed by atoms with E-state index >= 15 is 0 Å². The fourth-order valence-corrected chi connectivity index (χ4v) is 2.37. The Morgan fingerprint density at radius 3 is 2.37 bits per heavy atom. The molecule has 3 nitrogen and oxygen atoms in total. The van der Waals surface area contributed by atoms with E-state index in [1.165, 1.54) is 12.1 Å². The van der Waals surface area contributed by atoms with E-state index < -0.39 is 0 Å². The summed E-state index contributed by atoms with van der Waals surface area (Å²) in [4.78, 5) is 0. The lowest BCUT2D eigenvalue weighted by atomic mass is 10.1. The zero-order chi connectivity index (χ0) is 13.9. The van der Waals surface area contributed by atoms with E-state index in [1.807, 2.05) is 0 Å². The van der Waals surface area contributed by atoms with E-state index in [-0.39, 0.29) is 11.4 Å². The maximum atomic E-state index is 12.8. The molecule has 0 aliphatic carbocycles. The van der Waals surface area contributed by atoms with Crippen LogP contribution in [0.2, 0.25) is 0 Å². The van der Waals surface area contributed by atoms with Crippen molar-refractivity contribution in [3.05, 3.63) is 45.7 Å². The SMILES string of the molecule is CC(C)(C)NCc1nnc(Cc2ccc(F)cc2)s1. The highest BCUT2D eigenvalue weighted by molar-refractivity contribution is 7.11. The Morgan fingerprint density at radius 1 is 1.11 bits per heavy atom. The molecule has 0 unspecified atom stereocenters. The number of hydrogen-bond acceptors (Lipinski definition) is 4. The van der Waals surface area contributed by atoms with E-state index in [0.29, 0.717) is 6.42 Å². The standard InChI is InChI=1S/C14H18FN3S/c1-14(2,3)16-9-13-18-17-12(19-13)8-10-4-6-11(15)7-5-10/h4-7,16H,8-9H2,1-3H3. The van der Waals surface area contributed by atoms with E-state index in [2.05, 4.69) is 36.3 Å². The summed E-state index contributed by atoms with van der Waals surface area (Å²) in [5.74, 6) is -0.212. The average Bonchev–Trinajstić information content (AvgIpc) is 2.77. The van der Waals surface area contributed by atoms with Gasteiger partial charge in [0.15, 0.2) is 0 Å². The minimum absolute atomic E-state index is 0.0722. The molecule has 2 rings (SSSR count). The average molecular weight is 279 g/mol. The van der Waals surface area contributed by atoms with Crippen LogP contribution in [0.5, 0.6) is 0 Å². The van der Waals surface area contributed by atoms with Crippen molar-refractivity contribution in [2.75, 3.05) is 0 Å². The summed E-state index contributed by atoms with van der Waals surface area (Å²) in [7, 11) is 0. The summed E-state index contributed by atoms with van der Waals surface area (Å²) < 4.78 is 12.8. The second kappa shape index (κ2) is 5.75. The molecule has 0 spiro atoms. The summed E-state index contributed by atoms with van der Waals surface area (Å²) in [5, 5.41) is 13.6. The molecule has 0 atom stereocenters. The molecule has 1 N–H and O–H groups in total. The summed E-state index contributed by atoms with van der Waals surface area (Å²) >= 11 is 1.59. The minimum atomic E-state index is -0.212. The van der Waals surface area contributed by atoms with Gasteiger partial charge in [-0.05, 0) is 38.5 Å². The molecule has 0 fully saturated rings. The first-order valence-electron chi connectivity index (χ1n) is 6.23. The molecule has 0 radical (unpaired) electrons. The lowest BCUT2D eigenvalue weighted by Crippen LogP contribution is -2.35. The highest BCUT2D eigenvalue weighted by Gasteiger charge is 2.11. The molecular formula is C14H18FN3S. The Morgan fingerprint density at radius 2 is 1.74 bits per heavy atom. The topological polar surface area (TPSA) is 37.8 Å². The van der Waals surface area contributed by atoms with E-state index in [9.17, 15) is 4.39 Å². The minimum Gasteiger partial charge on any atom is -0.306 e. The van der Waals surface area contributed by atoms with Crippen molar-refractivity contribution < 1.29 is 4.39 Å². The number of benzene rings is 1. The first-order valence-corrected chi connectivity index (χ1v) is 7.05. The molecule has 2 aromatic rings. The quantitative estimate of drug-likeness (QED) is 0.934. The molecule has 0 saturated heterocycles. The van der Waals surface area contributed by atoms with Crippen LogP contribution < -0.4 is 5.32 Å². The van der Waals surface area contributed by atoms with Crippen molar-refractivity contribution in [3.63, 3.8) is 0 Å². The van der Waals surface area contributed by atoms with Crippen molar-refractivity contribution in [2.45, 2.75) is 39.3 Å². The number of aromatic nitrogens is 2. The Labute approximate surface area is 116 Å². The summed E-state index contributed by atoms with van der Waals surface area (Å²) in [6.45, 7) is 7.08. The zero-order valence-corrected chi connectivity index (χ0v) is 12.2. The predicted molar refractivity (Wildman–Crippen MR) is 75.7 cm³/mol. The number of halogens is 1. The lowest BCUT2D eigenvalue weighted by molar-refractivity contribution is 0.423. The lowest BCUT2D eigenvalue weighted by Gasteiger charge is -2.19. The first kappa shape index (κ1) is 14.1. The van der Waals surface area contributed by atoms with E-state index in [1.54, 1.807) is 23.5 Å². The van der Waals surface area contributed by atoms with Crippen molar-refractivity contribution in [1.29, 1.82) is 0 Å². The molecule has 0 aliphatic heterocycles. The van der Waals surface area contributed by atoms with Gasteiger partial charge in [-0.3, -0.25) is 0 Å². The van der Waals surface area contributed by atoms with Gasteiger partial charge in [0, 0.05) is 12.0 Å². The van der Waals surface area contributed by atoms with Gasteiger partial charge in [-0.2, -0.15) is 0 Å². The van der Waals surface area contributed by atoms with Crippen molar-refractivity contribution >= 4 is 11.3 Å². The number of hydrogen-bond donors (Lipinski definition) is 1. The molecule has 1 heterocycles. The van der Waals surface area contributed by atoms with Gasteiger partial charge in [-0.25, -0.2) is 4.39 Å². The fourth-order valence-electron chi connectivity index (χ4n) is 1.55. The molecule has 1 aromatic carbocycles. The molecule has 1 aromatic heterocycles. The van der Waals surface area contributed by atoms with Crippen molar-refractivity contribution in [1.82, 2.24) is 15.5 Å². The molecule has 102 valence electrons. The Hall–Kier alpha value is -1.33. The number of nitrogens with zero attached hydrogens (tertiary/aromatic N) is 2. The largest absolute Gasteiger partial charge is 0.306 e. The molecule has 0 amide bonds. The monoisotopic (exact) mass is 279 g/mol. The van der Waals surface area contributed by atoms with Gasteiger partial charge in [-0.15, -0.1) is 10.2 Å². The van der Waals surface area contributed by atoms with Crippen LogP contribution in [0.15, 0.2) is 24.3 Å². The Bertz CT molecular complexity index is 528. The van der Waals surface area contributed by atoms with Crippen LogP contribution in [0.3, 0.4) is 0 Å². The van der Waals surface area contributed by atoms with Crippen LogP contribution in [-0.2, 0) is 13.0 Å². The van der Waals surface area contributed by atoms with Gasteiger partial charge in [0.25, 0.3) is 0 Å². The third-order valence-electron chi connectivity index (χ3n) is 2.55. The van der Waals surface area contributed by atoms with E-state index in [4.69, 9.17) is 0 Å². The second-order valence-electron chi connectivity index (χ2n) is 5.50. The molecule has 0 aliphatic rings. The first-order chi connectivity index (χ1) is 8.92. The number of nitrogens with one attached hydrogen (secondary N) is 1. The fraction of sp³-hybridized carbons (Fsp3) is 0.429. The van der Waals surface area contributed by atoms with Gasteiger partial charge in [0.2, 0.25) is 0 Å². The maximum Gasteiger partial charge on any atom is 0.131 e. The third-order valence-corrected chi connectivity index (χ3v) is 3.47. The Balaban J connectivity index is 1.95. The van der Waals surface area contributed by atoms with Crippen LogP contribution in [0.4, 0.5) is 4.39 Å². The molecular weight excluding hydrogens is 261 g/mol. The van der Waals surface area contributed by atoms with Gasteiger partial charge < -0.3 is 5.32 Å². The number of rotatable bonds is 4. The van der Waals surface area contributed by atoms with Crippen molar-refractivity contribution in [2.24, 2.45) is 0 Å². The highest BCUT2D eigenvalue weighted by Crippen LogP contribution is 2.15. The summed E-state index contributed by atoms with van der Waals surface area (Å²) in [6, 6.07) is 6.50. The Kier molecular flexibility index (Phi) is 4.27. The van der Waals surface area contributed by atoms with Crippen molar-refractivity contribution in [3.8, 4) is 0 Å². The smallest absolute Gasteiger partial charge is 0.131 e.